The number of halogens is 3. The molecule has 6 N–H and O–H groups in total. The van der Waals surface area contributed by atoms with Gasteiger partial charge in [0.1, 0.15) is 0 Å². The number of fused-ring (bicyclic) bond motifs is 1. The maximum Gasteiger partial charge on any atom is 0.251 e. The van der Waals surface area contributed by atoms with Gasteiger partial charge >= 0.3 is 0 Å². The first kappa shape index (κ1) is 32.8. The highest BCUT2D eigenvalue weighted by Gasteiger charge is 2.14. The second kappa shape index (κ2) is 15.5. The molecule has 0 bridgehead atoms. The van der Waals surface area contributed by atoms with Gasteiger partial charge in [0, 0.05) is 68.7 Å². The van der Waals surface area contributed by atoms with Crippen LogP contribution in [-0.2, 0) is 18.3 Å². The van der Waals surface area contributed by atoms with Gasteiger partial charge in [-0.05, 0) is 48.4 Å². The number of alkyl halides is 2. The molecule has 42 heavy (non-hydrogen) atoms. The summed E-state index contributed by atoms with van der Waals surface area (Å²) in [5, 5.41) is 13.0. The number of amidine groups is 1. The van der Waals surface area contributed by atoms with Gasteiger partial charge in [0.2, 0.25) is 5.91 Å². The van der Waals surface area contributed by atoms with Crippen LogP contribution in [0.5, 0.6) is 0 Å². The number of amides is 2. The molecule has 0 atom stereocenters. The van der Waals surface area contributed by atoms with Gasteiger partial charge in [-0.15, -0.1) is 35.6 Å². The van der Waals surface area contributed by atoms with Crippen molar-refractivity contribution in [3.05, 3.63) is 65.9 Å². The largest absolute Gasteiger partial charge is 0.388 e. The van der Waals surface area contributed by atoms with Crippen molar-refractivity contribution in [2.24, 2.45) is 12.8 Å². The van der Waals surface area contributed by atoms with Crippen molar-refractivity contribution in [2.45, 2.75) is 19.3 Å². The summed E-state index contributed by atoms with van der Waals surface area (Å²) in [5.74, 6) is 1.37. The van der Waals surface area contributed by atoms with E-state index in [1.807, 2.05) is 48.1 Å². The van der Waals surface area contributed by atoms with Gasteiger partial charge in [-0.3, -0.25) is 15.0 Å². The minimum Gasteiger partial charge on any atom is -0.388 e. The Bertz CT molecular complexity index is 1510. The lowest BCUT2D eigenvalue weighted by molar-refractivity contribution is -0.116. The number of hydrogen-bond acceptors (Lipinski definition) is 5. The highest BCUT2D eigenvalue weighted by molar-refractivity contribution is 6.18. The van der Waals surface area contributed by atoms with E-state index in [9.17, 15) is 9.59 Å². The number of imidazole rings is 1. The van der Waals surface area contributed by atoms with E-state index in [1.165, 1.54) is 0 Å². The zero-order valence-corrected chi connectivity index (χ0v) is 25.6. The molecule has 0 radical (unpaired) electrons. The fourth-order valence-corrected chi connectivity index (χ4v) is 4.89. The summed E-state index contributed by atoms with van der Waals surface area (Å²) in [6, 6.07) is 15.2. The quantitative estimate of drug-likeness (QED) is 0.0762. The molecule has 0 spiro atoms. The van der Waals surface area contributed by atoms with Crippen LogP contribution in [0.25, 0.3) is 22.6 Å². The number of rotatable bonds is 14. The normalized spacial score (nSPS) is 10.7. The SMILES string of the molecule is Cl.Cn1cc(NC(=O)CCc2ccc(N(CCCl)CCCl)cc2)cc1-c1nc2ccc(C(=O)NCCC(=N)N)cc2[nH]1. The van der Waals surface area contributed by atoms with Gasteiger partial charge in [-0.25, -0.2) is 4.98 Å². The Balaban J connectivity index is 0.00000484. The first-order chi connectivity index (χ1) is 19.8. The van der Waals surface area contributed by atoms with E-state index >= 15 is 0 Å². The number of H-pyrrole nitrogens is 1. The van der Waals surface area contributed by atoms with Crippen LogP contribution in [0.15, 0.2) is 54.7 Å². The van der Waals surface area contributed by atoms with Crippen molar-refractivity contribution in [3.63, 3.8) is 0 Å². The first-order valence-electron chi connectivity index (χ1n) is 13.3. The van der Waals surface area contributed by atoms with Crippen molar-refractivity contribution in [2.75, 3.05) is 41.6 Å². The summed E-state index contributed by atoms with van der Waals surface area (Å²) in [7, 11) is 1.88. The van der Waals surface area contributed by atoms with E-state index in [-0.39, 0.29) is 30.1 Å². The third-order valence-corrected chi connectivity index (χ3v) is 6.94. The highest BCUT2D eigenvalue weighted by Crippen LogP contribution is 2.25. The first-order valence-corrected chi connectivity index (χ1v) is 14.4. The average molecular weight is 634 g/mol. The Labute approximate surface area is 260 Å². The van der Waals surface area contributed by atoms with Crippen LogP contribution >= 0.6 is 35.6 Å². The third kappa shape index (κ3) is 8.64. The number of aromatic nitrogens is 3. The minimum atomic E-state index is -0.247. The lowest BCUT2D eigenvalue weighted by Gasteiger charge is -2.23. The number of carbonyl (C=O) groups is 2. The number of hydrogen-bond donors (Lipinski definition) is 5. The lowest BCUT2D eigenvalue weighted by Crippen LogP contribution is -2.27. The van der Waals surface area contributed by atoms with E-state index in [0.717, 1.165) is 30.0 Å². The Kier molecular flexibility index (Phi) is 12.1. The molecule has 224 valence electrons. The molecule has 0 unspecified atom stereocenters. The molecule has 2 aromatic heterocycles. The number of carbonyl (C=O) groups excluding carboxylic acids is 2. The molecule has 2 aromatic carbocycles. The molecule has 2 amide bonds. The number of nitrogens with one attached hydrogen (secondary N) is 4. The topological polar surface area (TPSA) is 145 Å². The van der Waals surface area contributed by atoms with E-state index in [1.54, 1.807) is 18.2 Å². The van der Waals surface area contributed by atoms with E-state index in [4.69, 9.17) is 34.3 Å². The van der Waals surface area contributed by atoms with Crippen molar-refractivity contribution in [1.82, 2.24) is 19.9 Å². The molecule has 2 heterocycles. The molecule has 0 saturated carbocycles. The molecule has 0 fully saturated rings. The van der Waals surface area contributed by atoms with Gasteiger partial charge in [-0.2, -0.15) is 0 Å². The molecular formula is C29H35Cl3N8O2. The molecular weight excluding hydrogens is 599 g/mol. The molecule has 10 nitrogen and oxygen atoms in total. The zero-order valence-electron chi connectivity index (χ0n) is 23.3. The Morgan fingerprint density at radius 2 is 1.79 bits per heavy atom. The van der Waals surface area contributed by atoms with Gasteiger partial charge < -0.3 is 30.8 Å². The van der Waals surface area contributed by atoms with Crippen molar-refractivity contribution < 1.29 is 9.59 Å². The number of benzene rings is 2. The average Bonchev–Trinajstić information content (AvgIpc) is 3.54. The number of nitrogens with two attached hydrogens (primary N) is 1. The van der Waals surface area contributed by atoms with Crippen molar-refractivity contribution in [1.29, 1.82) is 5.41 Å². The summed E-state index contributed by atoms with van der Waals surface area (Å²) >= 11 is 11.8. The van der Waals surface area contributed by atoms with Crippen LogP contribution in [0.1, 0.15) is 28.8 Å². The predicted octanol–water partition coefficient (Wildman–Crippen LogP) is 4.90. The Morgan fingerprint density at radius 3 is 2.45 bits per heavy atom. The number of aromatic amines is 1. The Hall–Kier alpha value is -3.73. The molecule has 4 rings (SSSR count). The van der Waals surface area contributed by atoms with E-state index < -0.39 is 0 Å². The lowest BCUT2D eigenvalue weighted by atomic mass is 10.1. The standard InChI is InChI=1S/C29H34Cl2N8O2.ClH/c1-38-18-21(35-27(40)9-4-19-2-6-22(7-3-19)39(14-11-30)15-12-31)17-25(38)28-36-23-8-5-20(16-24(23)37-28)29(41)34-13-10-26(32)33;/h2-3,5-8,16-18H,4,9-15H2,1H3,(H3,32,33)(H,34,41)(H,35,40)(H,36,37);1H. The molecule has 0 aliphatic heterocycles. The van der Waals surface area contributed by atoms with Crippen LogP contribution in [-0.4, -0.2) is 63.6 Å². The van der Waals surface area contributed by atoms with E-state index in [2.05, 4.69) is 25.5 Å². The molecule has 0 aliphatic carbocycles. The number of anilines is 2. The molecule has 13 heteroatoms. The van der Waals surface area contributed by atoms with Crippen molar-refractivity contribution >= 4 is 75.7 Å². The maximum absolute atomic E-state index is 12.7. The zero-order chi connectivity index (χ0) is 29.4. The molecule has 0 saturated heterocycles. The summed E-state index contributed by atoms with van der Waals surface area (Å²) in [6.45, 7) is 1.75. The van der Waals surface area contributed by atoms with E-state index in [0.29, 0.717) is 65.7 Å². The number of aryl methyl sites for hydroxylation is 2. The molecule has 4 aromatic rings. The van der Waals surface area contributed by atoms with Crippen molar-refractivity contribution in [3.8, 4) is 11.5 Å². The monoisotopic (exact) mass is 632 g/mol. The smallest absolute Gasteiger partial charge is 0.251 e. The summed E-state index contributed by atoms with van der Waals surface area (Å²) in [6.07, 6.45) is 3.10. The fraction of sp³-hybridized carbons (Fsp3) is 0.310. The van der Waals surface area contributed by atoms with Crippen LogP contribution < -0.4 is 21.3 Å². The highest BCUT2D eigenvalue weighted by atomic mass is 35.5. The van der Waals surface area contributed by atoms with Gasteiger partial charge in [-0.1, -0.05) is 12.1 Å². The van der Waals surface area contributed by atoms with Gasteiger partial charge in [0.15, 0.2) is 5.82 Å². The third-order valence-electron chi connectivity index (χ3n) is 6.61. The second-order valence-corrected chi connectivity index (χ2v) is 10.4. The minimum absolute atomic E-state index is 0. The summed E-state index contributed by atoms with van der Waals surface area (Å²) in [5.41, 5.74) is 10.8. The second-order valence-electron chi connectivity index (χ2n) is 9.65. The predicted molar refractivity (Wildman–Crippen MR) is 174 cm³/mol. The van der Waals surface area contributed by atoms with Crippen LogP contribution in [0.3, 0.4) is 0 Å². The maximum atomic E-state index is 12.7. The van der Waals surface area contributed by atoms with Crippen LogP contribution in [0, 0.1) is 5.41 Å². The van der Waals surface area contributed by atoms with Crippen LogP contribution in [0.2, 0.25) is 0 Å². The van der Waals surface area contributed by atoms with Gasteiger partial charge in [0.25, 0.3) is 5.91 Å². The Morgan fingerprint density at radius 1 is 1.07 bits per heavy atom. The summed E-state index contributed by atoms with van der Waals surface area (Å²) in [4.78, 5) is 35.2. The summed E-state index contributed by atoms with van der Waals surface area (Å²) < 4.78 is 1.88. The van der Waals surface area contributed by atoms with Crippen LogP contribution in [0.4, 0.5) is 11.4 Å². The number of nitrogens with zero attached hydrogens (tertiary/aromatic N) is 3. The van der Waals surface area contributed by atoms with Gasteiger partial charge in [0.05, 0.1) is 28.3 Å². The fourth-order valence-electron chi connectivity index (χ4n) is 4.48. The molecule has 0 aliphatic rings.